The number of carbonyl (C=O) groups is 1. The first-order valence-corrected chi connectivity index (χ1v) is 11.8. The number of rotatable bonds is 8. The Bertz CT molecular complexity index is 764. The van der Waals surface area contributed by atoms with Crippen LogP contribution in [0.2, 0.25) is 5.02 Å². The minimum absolute atomic E-state index is 0.280. The summed E-state index contributed by atoms with van der Waals surface area (Å²) in [5.74, 6) is 0.0978. The van der Waals surface area contributed by atoms with Gasteiger partial charge in [0, 0.05) is 13.1 Å². The zero-order valence-electron chi connectivity index (χ0n) is 16.8. The second kappa shape index (κ2) is 10.3. The lowest BCUT2D eigenvalue weighted by molar-refractivity contribution is -0.121. The minimum Gasteiger partial charge on any atom is -0.495 e. The van der Waals surface area contributed by atoms with Crippen molar-refractivity contribution in [1.82, 2.24) is 10.2 Å². The van der Waals surface area contributed by atoms with Crippen LogP contribution in [0.5, 0.6) is 5.75 Å². The fourth-order valence-electron chi connectivity index (χ4n) is 3.45. The summed E-state index contributed by atoms with van der Waals surface area (Å²) in [6, 6.07) is 3.75. The third-order valence-electron chi connectivity index (χ3n) is 4.90. The summed E-state index contributed by atoms with van der Waals surface area (Å²) in [5.41, 5.74) is 0.323. The zero-order chi connectivity index (χ0) is 20.7. The summed E-state index contributed by atoms with van der Waals surface area (Å²) >= 11 is 6.14. The molecule has 1 saturated heterocycles. The molecule has 1 aliphatic rings. The van der Waals surface area contributed by atoms with Crippen molar-refractivity contribution in [3.63, 3.8) is 0 Å². The monoisotopic (exact) mass is 431 g/mol. The Balaban J connectivity index is 2.04. The van der Waals surface area contributed by atoms with Gasteiger partial charge in [-0.1, -0.05) is 24.4 Å². The zero-order valence-corrected chi connectivity index (χ0v) is 18.4. The van der Waals surface area contributed by atoms with E-state index in [9.17, 15) is 13.2 Å². The lowest BCUT2D eigenvalue weighted by Gasteiger charge is -2.29. The van der Waals surface area contributed by atoms with Gasteiger partial charge in [-0.2, -0.15) is 0 Å². The van der Waals surface area contributed by atoms with Gasteiger partial charge in [-0.3, -0.25) is 9.10 Å². The SMILES string of the molecule is COc1ccc(N([C@H](C)C(=O)NCCN2CCCCCC2)S(C)(=O)=O)cc1Cl. The number of ether oxygens (including phenoxy) is 1. The van der Waals surface area contributed by atoms with Gasteiger partial charge in [0.2, 0.25) is 15.9 Å². The maximum absolute atomic E-state index is 12.6. The average molecular weight is 432 g/mol. The number of hydrogen-bond acceptors (Lipinski definition) is 5. The van der Waals surface area contributed by atoms with Crippen LogP contribution < -0.4 is 14.4 Å². The summed E-state index contributed by atoms with van der Waals surface area (Å²) in [6.07, 6.45) is 5.96. The molecule has 1 fully saturated rings. The predicted octanol–water partition coefficient (Wildman–Crippen LogP) is 2.50. The third kappa shape index (κ3) is 6.25. The molecule has 0 spiro atoms. The van der Waals surface area contributed by atoms with E-state index >= 15 is 0 Å². The lowest BCUT2D eigenvalue weighted by atomic mass is 10.2. The van der Waals surface area contributed by atoms with Gasteiger partial charge in [0.1, 0.15) is 11.8 Å². The van der Waals surface area contributed by atoms with Crippen LogP contribution in [0.3, 0.4) is 0 Å². The fraction of sp³-hybridized carbons (Fsp3) is 0.632. The number of anilines is 1. The van der Waals surface area contributed by atoms with E-state index in [2.05, 4.69) is 10.2 Å². The number of benzene rings is 1. The normalized spacial score (nSPS) is 16.9. The number of nitrogens with one attached hydrogen (secondary N) is 1. The molecular formula is C19H30ClN3O4S. The van der Waals surface area contributed by atoms with Gasteiger partial charge in [0.25, 0.3) is 0 Å². The highest BCUT2D eigenvalue weighted by atomic mass is 35.5. The number of carbonyl (C=O) groups excluding carboxylic acids is 1. The van der Waals surface area contributed by atoms with Gasteiger partial charge in [0.05, 0.1) is 24.1 Å². The molecule has 28 heavy (non-hydrogen) atoms. The first-order valence-electron chi connectivity index (χ1n) is 9.57. The molecule has 1 aromatic carbocycles. The van der Waals surface area contributed by atoms with Crippen LogP contribution in [-0.2, 0) is 14.8 Å². The highest BCUT2D eigenvalue weighted by Gasteiger charge is 2.29. The highest BCUT2D eigenvalue weighted by molar-refractivity contribution is 7.92. The lowest BCUT2D eigenvalue weighted by Crippen LogP contribution is -2.49. The second-order valence-corrected chi connectivity index (χ2v) is 9.37. The van der Waals surface area contributed by atoms with Crippen molar-refractivity contribution in [2.45, 2.75) is 38.6 Å². The van der Waals surface area contributed by atoms with E-state index in [1.807, 2.05) is 0 Å². The number of methoxy groups -OCH3 is 1. The molecule has 0 radical (unpaired) electrons. The summed E-state index contributed by atoms with van der Waals surface area (Å²) in [6.45, 7) is 4.92. The van der Waals surface area contributed by atoms with E-state index in [1.165, 1.54) is 38.9 Å². The number of nitrogens with zero attached hydrogens (tertiary/aromatic N) is 2. The van der Waals surface area contributed by atoms with Crippen LogP contribution in [0.25, 0.3) is 0 Å². The van der Waals surface area contributed by atoms with Gasteiger partial charge in [-0.25, -0.2) is 8.42 Å². The molecule has 1 amide bonds. The Kier molecular flexibility index (Phi) is 8.39. The molecule has 158 valence electrons. The molecular weight excluding hydrogens is 402 g/mol. The van der Waals surface area contributed by atoms with E-state index in [-0.39, 0.29) is 10.9 Å². The van der Waals surface area contributed by atoms with Crippen molar-refractivity contribution in [2.75, 3.05) is 43.8 Å². The topological polar surface area (TPSA) is 79.0 Å². The number of sulfonamides is 1. The van der Waals surface area contributed by atoms with Crippen molar-refractivity contribution in [3.05, 3.63) is 23.2 Å². The molecule has 1 aromatic rings. The quantitative estimate of drug-likeness (QED) is 0.684. The average Bonchev–Trinajstić information content (AvgIpc) is 2.89. The highest BCUT2D eigenvalue weighted by Crippen LogP contribution is 2.31. The Morgan fingerprint density at radius 1 is 1.29 bits per heavy atom. The maximum atomic E-state index is 12.6. The van der Waals surface area contributed by atoms with E-state index in [0.29, 0.717) is 18.0 Å². The van der Waals surface area contributed by atoms with Crippen LogP contribution in [0.1, 0.15) is 32.6 Å². The molecule has 1 aliphatic heterocycles. The summed E-state index contributed by atoms with van der Waals surface area (Å²) in [5, 5.41) is 3.15. The molecule has 1 heterocycles. The third-order valence-corrected chi connectivity index (χ3v) is 6.44. The van der Waals surface area contributed by atoms with Gasteiger partial charge in [-0.15, -0.1) is 0 Å². The van der Waals surface area contributed by atoms with Crippen LogP contribution in [0.15, 0.2) is 18.2 Å². The van der Waals surface area contributed by atoms with Crippen molar-refractivity contribution in [3.8, 4) is 5.75 Å². The van der Waals surface area contributed by atoms with E-state index in [1.54, 1.807) is 19.1 Å². The second-order valence-electron chi connectivity index (χ2n) is 7.10. The molecule has 2 rings (SSSR count). The first kappa shape index (κ1) is 22.8. The van der Waals surface area contributed by atoms with Crippen molar-refractivity contribution < 1.29 is 17.9 Å². The smallest absolute Gasteiger partial charge is 0.243 e. The Morgan fingerprint density at radius 3 is 2.46 bits per heavy atom. The minimum atomic E-state index is -3.69. The molecule has 0 aliphatic carbocycles. The van der Waals surface area contributed by atoms with E-state index in [0.717, 1.165) is 30.2 Å². The summed E-state index contributed by atoms with van der Waals surface area (Å²) < 4.78 is 30.9. The standard InChI is InChI=1S/C19H30ClN3O4S/c1-15(19(24)21-10-13-22-11-6-4-5-7-12-22)23(28(3,25)26)16-8-9-18(27-2)17(20)14-16/h8-9,14-15H,4-7,10-13H2,1-3H3,(H,21,24)/t15-/m1/s1. The van der Waals surface area contributed by atoms with Gasteiger partial charge in [-0.05, 0) is 51.1 Å². The van der Waals surface area contributed by atoms with E-state index < -0.39 is 16.1 Å². The summed E-state index contributed by atoms with van der Waals surface area (Å²) in [4.78, 5) is 15.0. The van der Waals surface area contributed by atoms with Crippen LogP contribution in [0, 0.1) is 0 Å². The molecule has 9 heteroatoms. The fourth-order valence-corrected chi connectivity index (χ4v) is 4.86. The number of likely N-dealkylation sites (tertiary alicyclic amines) is 1. The predicted molar refractivity (Wildman–Crippen MR) is 113 cm³/mol. The molecule has 0 saturated carbocycles. The number of hydrogen-bond donors (Lipinski definition) is 1. The Labute approximate surface area is 173 Å². The van der Waals surface area contributed by atoms with Crippen molar-refractivity contribution in [2.24, 2.45) is 0 Å². The Hall–Kier alpha value is -1.51. The van der Waals surface area contributed by atoms with Gasteiger partial charge >= 0.3 is 0 Å². The van der Waals surface area contributed by atoms with Crippen LogP contribution >= 0.6 is 11.6 Å². The van der Waals surface area contributed by atoms with E-state index in [4.69, 9.17) is 16.3 Å². The molecule has 0 unspecified atom stereocenters. The largest absolute Gasteiger partial charge is 0.495 e. The number of amides is 1. The van der Waals surface area contributed by atoms with Gasteiger partial charge < -0.3 is 15.0 Å². The Morgan fingerprint density at radius 2 is 1.93 bits per heavy atom. The molecule has 1 N–H and O–H groups in total. The maximum Gasteiger partial charge on any atom is 0.243 e. The van der Waals surface area contributed by atoms with Gasteiger partial charge in [0.15, 0.2) is 0 Å². The van der Waals surface area contributed by atoms with Crippen LogP contribution in [-0.4, -0.2) is 64.8 Å². The number of halogens is 1. The molecule has 1 atom stereocenters. The molecule has 7 nitrogen and oxygen atoms in total. The molecule has 0 bridgehead atoms. The van der Waals surface area contributed by atoms with Crippen molar-refractivity contribution >= 4 is 33.2 Å². The summed E-state index contributed by atoms with van der Waals surface area (Å²) in [7, 11) is -2.20. The van der Waals surface area contributed by atoms with Crippen molar-refractivity contribution in [1.29, 1.82) is 0 Å². The van der Waals surface area contributed by atoms with Crippen LogP contribution in [0.4, 0.5) is 5.69 Å². The molecule has 0 aromatic heterocycles. The first-order chi connectivity index (χ1) is 13.2.